The number of carbonyl (C=O) groups is 1. The molecule has 7 nitrogen and oxygen atoms in total. The molecule has 2 aromatic rings. The molecular weight excluding hydrogens is 342 g/mol. The van der Waals surface area contributed by atoms with Crippen molar-refractivity contribution in [3.8, 4) is 5.75 Å². The highest BCUT2D eigenvalue weighted by atomic mass is 32.2. The van der Waals surface area contributed by atoms with Gasteiger partial charge in [0.15, 0.2) is 6.73 Å². The van der Waals surface area contributed by atoms with Crippen molar-refractivity contribution in [1.29, 1.82) is 0 Å². The number of urea groups is 1. The van der Waals surface area contributed by atoms with Crippen LogP contribution in [0.2, 0.25) is 0 Å². The van der Waals surface area contributed by atoms with Gasteiger partial charge < -0.3 is 15.4 Å². The Kier molecular flexibility index (Phi) is 6.37. The summed E-state index contributed by atoms with van der Waals surface area (Å²) in [6.07, 6.45) is 0.844. The summed E-state index contributed by atoms with van der Waals surface area (Å²) in [5.41, 5.74) is 1.82. The van der Waals surface area contributed by atoms with Gasteiger partial charge in [0.05, 0.1) is 4.90 Å². The fourth-order valence-electron chi connectivity index (χ4n) is 2.16. The predicted octanol–water partition coefficient (Wildman–Crippen LogP) is 1.73. The second-order valence-electron chi connectivity index (χ2n) is 5.30. The quantitative estimate of drug-likeness (QED) is 0.651. The molecule has 0 aliphatic rings. The molecule has 0 fully saturated rings. The molecular formula is C17H21N3O4S. The Morgan fingerprint density at radius 2 is 1.76 bits per heavy atom. The second kappa shape index (κ2) is 8.50. The van der Waals surface area contributed by atoms with Crippen LogP contribution in [0.1, 0.15) is 18.1 Å². The lowest BCUT2D eigenvalue weighted by Gasteiger charge is -2.12. The summed E-state index contributed by atoms with van der Waals surface area (Å²) in [6, 6.07) is 13.2. The lowest BCUT2D eigenvalue weighted by atomic mass is 10.1. The first-order valence-corrected chi connectivity index (χ1v) is 9.29. The first-order valence-electron chi connectivity index (χ1n) is 7.74. The number of hydrogen-bond donors (Lipinski definition) is 3. The molecule has 2 aromatic carbocycles. The Balaban J connectivity index is 1.77. The summed E-state index contributed by atoms with van der Waals surface area (Å²) in [5.74, 6) is 0.740. The molecule has 2 rings (SSSR count). The van der Waals surface area contributed by atoms with Crippen LogP contribution in [-0.2, 0) is 23.0 Å². The molecule has 0 aromatic heterocycles. The van der Waals surface area contributed by atoms with Crippen LogP contribution in [0.5, 0.6) is 5.75 Å². The van der Waals surface area contributed by atoms with Crippen molar-refractivity contribution in [3.05, 3.63) is 59.7 Å². The van der Waals surface area contributed by atoms with Gasteiger partial charge in [-0.05, 0) is 35.7 Å². The highest BCUT2D eigenvalue weighted by molar-refractivity contribution is 7.89. The first-order chi connectivity index (χ1) is 11.9. The number of hydrogen-bond acceptors (Lipinski definition) is 4. The van der Waals surface area contributed by atoms with E-state index in [-0.39, 0.29) is 24.2 Å². The normalized spacial score (nSPS) is 11.0. The highest BCUT2D eigenvalue weighted by Crippen LogP contribution is 2.17. The third kappa shape index (κ3) is 5.77. The second-order valence-corrected chi connectivity index (χ2v) is 6.86. The fourth-order valence-corrected chi connectivity index (χ4v) is 2.67. The summed E-state index contributed by atoms with van der Waals surface area (Å²) in [5, 5.41) is 10.3. The minimum Gasteiger partial charge on any atom is -0.473 e. The Hall–Kier alpha value is -2.58. The summed E-state index contributed by atoms with van der Waals surface area (Å²) in [7, 11) is -3.71. The van der Waals surface area contributed by atoms with E-state index in [1.165, 1.54) is 12.1 Å². The van der Waals surface area contributed by atoms with Crippen LogP contribution in [0.3, 0.4) is 0 Å². The molecule has 0 atom stereocenters. The van der Waals surface area contributed by atoms with Gasteiger partial charge in [-0.2, -0.15) is 0 Å². The molecule has 25 heavy (non-hydrogen) atoms. The smallest absolute Gasteiger partial charge is 0.317 e. The maximum absolute atomic E-state index is 11.8. The Bertz CT molecular complexity index is 820. The van der Waals surface area contributed by atoms with Crippen molar-refractivity contribution in [3.63, 3.8) is 0 Å². The SMILES string of the molecule is CCc1ccccc1OCNC(=O)NCc1ccc(S(N)(=O)=O)cc1. The van der Waals surface area contributed by atoms with Gasteiger partial charge in [-0.1, -0.05) is 37.3 Å². The van der Waals surface area contributed by atoms with Gasteiger partial charge >= 0.3 is 6.03 Å². The minimum atomic E-state index is -3.71. The number of para-hydroxylation sites is 1. The zero-order chi connectivity index (χ0) is 18.3. The van der Waals surface area contributed by atoms with Crippen LogP contribution in [-0.4, -0.2) is 21.2 Å². The molecule has 8 heteroatoms. The monoisotopic (exact) mass is 363 g/mol. The molecule has 0 saturated carbocycles. The van der Waals surface area contributed by atoms with Crippen LogP contribution in [0.15, 0.2) is 53.4 Å². The van der Waals surface area contributed by atoms with Gasteiger partial charge in [-0.25, -0.2) is 18.4 Å². The molecule has 134 valence electrons. The van der Waals surface area contributed by atoms with E-state index in [0.717, 1.165) is 23.3 Å². The van der Waals surface area contributed by atoms with E-state index in [1.807, 2.05) is 31.2 Å². The topological polar surface area (TPSA) is 111 Å². The lowest BCUT2D eigenvalue weighted by Crippen LogP contribution is -2.37. The standard InChI is InChI=1S/C17H21N3O4S/c1-2-14-5-3-4-6-16(14)24-12-20-17(21)19-11-13-7-9-15(10-8-13)25(18,22)23/h3-10H,2,11-12H2,1H3,(H2,18,22,23)(H2,19,20,21). The average Bonchev–Trinajstić information content (AvgIpc) is 2.60. The molecule has 0 saturated heterocycles. The summed E-state index contributed by atoms with van der Waals surface area (Å²) in [4.78, 5) is 11.8. The van der Waals surface area contributed by atoms with Gasteiger partial charge in [0.25, 0.3) is 0 Å². The number of amides is 2. The molecule has 0 spiro atoms. The van der Waals surface area contributed by atoms with Crippen molar-refractivity contribution < 1.29 is 17.9 Å². The summed E-state index contributed by atoms with van der Waals surface area (Å²) >= 11 is 0. The van der Waals surface area contributed by atoms with Crippen molar-refractivity contribution >= 4 is 16.1 Å². The van der Waals surface area contributed by atoms with Crippen molar-refractivity contribution in [2.75, 3.05) is 6.73 Å². The molecule has 0 heterocycles. The molecule has 0 aliphatic carbocycles. The van der Waals surface area contributed by atoms with Crippen LogP contribution in [0.4, 0.5) is 4.79 Å². The largest absolute Gasteiger partial charge is 0.473 e. The van der Waals surface area contributed by atoms with E-state index < -0.39 is 10.0 Å². The summed E-state index contributed by atoms with van der Waals surface area (Å²) in [6.45, 7) is 2.33. The Morgan fingerprint density at radius 1 is 1.08 bits per heavy atom. The third-order valence-corrected chi connectivity index (χ3v) is 4.45. The van der Waals surface area contributed by atoms with Crippen molar-refractivity contribution in [1.82, 2.24) is 10.6 Å². The molecule has 0 radical (unpaired) electrons. The molecule has 4 N–H and O–H groups in total. The van der Waals surface area contributed by atoms with E-state index in [4.69, 9.17) is 9.88 Å². The Morgan fingerprint density at radius 3 is 2.40 bits per heavy atom. The highest BCUT2D eigenvalue weighted by Gasteiger charge is 2.07. The van der Waals surface area contributed by atoms with Crippen LogP contribution in [0, 0.1) is 0 Å². The van der Waals surface area contributed by atoms with Gasteiger partial charge in [0, 0.05) is 6.54 Å². The molecule has 2 amide bonds. The number of aryl methyl sites for hydroxylation is 1. The zero-order valence-electron chi connectivity index (χ0n) is 13.9. The van der Waals surface area contributed by atoms with E-state index in [9.17, 15) is 13.2 Å². The average molecular weight is 363 g/mol. The maximum atomic E-state index is 11.8. The molecule has 0 bridgehead atoms. The number of nitrogens with one attached hydrogen (secondary N) is 2. The number of benzene rings is 2. The van der Waals surface area contributed by atoms with E-state index >= 15 is 0 Å². The number of nitrogens with two attached hydrogens (primary N) is 1. The Labute approximate surface area is 147 Å². The predicted molar refractivity (Wildman–Crippen MR) is 94.5 cm³/mol. The third-order valence-electron chi connectivity index (χ3n) is 3.52. The zero-order valence-corrected chi connectivity index (χ0v) is 14.7. The summed E-state index contributed by atoms with van der Waals surface area (Å²) < 4.78 is 27.9. The van der Waals surface area contributed by atoms with Crippen molar-refractivity contribution in [2.24, 2.45) is 5.14 Å². The van der Waals surface area contributed by atoms with Crippen LogP contribution >= 0.6 is 0 Å². The van der Waals surface area contributed by atoms with Crippen molar-refractivity contribution in [2.45, 2.75) is 24.8 Å². The van der Waals surface area contributed by atoms with E-state index in [0.29, 0.717) is 0 Å². The minimum absolute atomic E-state index is 0.0312. The number of ether oxygens (including phenoxy) is 1. The number of sulfonamides is 1. The van der Waals surface area contributed by atoms with Crippen LogP contribution in [0.25, 0.3) is 0 Å². The van der Waals surface area contributed by atoms with Gasteiger partial charge in [0.2, 0.25) is 10.0 Å². The maximum Gasteiger partial charge on any atom is 0.317 e. The van der Waals surface area contributed by atoms with Gasteiger partial charge in [0.1, 0.15) is 5.75 Å². The lowest BCUT2D eigenvalue weighted by molar-refractivity contribution is 0.223. The van der Waals surface area contributed by atoms with Crippen LogP contribution < -0.4 is 20.5 Å². The number of carbonyl (C=O) groups excluding carboxylic acids is 1. The van der Waals surface area contributed by atoms with E-state index in [1.54, 1.807) is 12.1 Å². The van der Waals surface area contributed by atoms with E-state index in [2.05, 4.69) is 10.6 Å². The molecule has 0 unspecified atom stereocenters. The van der Waals surface area contributed by atoms with Gasteiger partial charge in [-0.15, -0.1) is 0 Å². The molecule has 0 aliphatic heterocycles. The fraction of sp³-hybridized carbons (Fsp3) is 0.235. The number of rotatable bonds is 7. The number of primary sulfonamides is 1. The first kappa shape index (κ1) is 18.8. The van der Waals surface area contributed by atoms with Gasteiger partial charge in [-0.3, -0.25) is 0 Å².